The van der Waals surface area contributed by atoms with Gasteiger partial charge in [-0.05, 0) is 36.5 Å². The van der Waals surface area contributed by atoms with Crippen molar-refractivity contribution in [2.75, 3.05) is 18.8 Å². The lowest BCUT2D eigenvalue weighted by atomic mass is 9.98. The number of carbonyl (C=O) groups excluding carboxylic acids is 2. The third-order valence-electron chi connectivity index (χ3n) is 4.88. The van der Waals surface area contributed by atoms with Crippen LogP contribution in [0, 0.1) is 11.7 Å². The molecule has 0 radical (unpaired) electrons. The Morgan fingerprint density at radius 2 is 1.96 bits per heavy atom. The van der Waals surface area contributed by atoms with E-state index in [-0.39, 0.29) is 23.0 Å². The second-order valence-electron chi connectivity index (χ2n) is 6.69. The quantitative estimate of drug-likeness (QED) is 0.823. The number of halogens is 1. The molecule has 0 N–H and O–H groups in total. The van der Waals surface area contributed by atoms with Crippen LogP contribution in [0.1, 0.15) is 37.6 Å². The molecule has 2 unspecified atom stereocenters. The zero-order valence-corrected chi connectivity index (χ0v) is 14.9. The summed E-state index contributed by atoms with van der Waals surface area (Å²) >= 11 is 1.53. The van der Waals surface area contributed by atoms with Crippen molar-refractivity contribution in [1.29, 1.82) is 0 Å². The first-order valence-corrected chi connectivity index (χ1v) is 9.47. The minimum absolute atomic E-state index is 0.0310. The van der Waals surface area contributed by atoms with Crippen LogP contribution >= 0.6 is 11.8 Å². The molecule has 2 aliphatic heterocycles. The summed E-state index contributed by atoms with van der Waals surface area (Å²) < 4.78 is 13.5. The van der Waals surface area contributed by atoms with Crippen LogP contribution in [0.15, 0.2) is 24.3 Å². The van der Waals surface area contributed by atoms with Gasteiger partial charge in [-0.15, -0.1) is 11.8 Å². The van der Waals surface area contributed by atoms with Crippen LogP contribution < -0.4 is 0 Å². The van der Waals surface area contributed by atoms with Gasteiger partial charge >= 0.3 is 0 Å². The predicted molar refractivity (Wildman–Crippen MR) is 92.9 cm³/mol. The Balaban J connectivity index is 1.79. The van der Waals surface area contributed by atoms with E-state index in [0.29, 0.717) is 11.7 Å². The first kappa shape index (κ1) is 17.3. The number of likely N-dealkylation sites (tertiary alicyclic amines) is 1. The van der Waals surface area contributed by atoms with Gasteiger partial charge in [0.2, 0.25) is 11.8 Å². The molecule has 130 valence electrons. The Bertz CT molecular complexity index is 631. The molecular weight excluding hydrogens is 327 g/mol. The molecule has 2 heterocycles. The number of nitrogens with zero attached hydrogens (tertiary/aromatic N) is 2. The Morgan fingerprint density at radius 1 is 1.25 bits per heavy atom. The maximum absolute atomic E-state index is 13.5. The number of rotatable bonds is 2. The molecule has 1 aromatic carbocycles. The van der Waals surface area contributed by atoms with Crippen molar-refractivity contribution in [1.82, 2.24) is 9.80 Å². The standard InChI is InChI=1S/C18H23FN2O2S/c1-12-6-8-20(9-7-12)17(23)16-11-24-18(21(16)13(2)22)14-4-3-5-15(19)10-14/h3-5,10,12,16,18H,6-9,11H2,1-2H3. The van der Waals surface area contributed by atoms with Crippen LogP contribution in [-0.2, 0) is 9.59 Å². The highest BCUT2D eigenvalue weighted by Gasteiger charge is 2.42. The molecule has 6 heteroatoms. The molecule has 24 heavy (non-hydrogen) atoms. The van der Waals surface area contributed by atoms with Crippen LogP contribution in [0.3, 0.4) is 0 Å². The normalized spacial score (nSPS) is 25.1. The molecule has 2 amide bonds. The highest BCUT2D eigenvalue weighted by atomic mass is 32.2. The molecule has 2 saturated heterocycles. The summed E-state index contributed by atoms with van der Waals surface area (Å²) in [6.07, 6.45) is 2.03. The fraction of sp³-hybridized carbons (Fsp3) is 0.556. The molecular formula is C18H23FN2O2S. The average molecular weight is 350 g/mol. The molecule has 2 atom stereocenters. The van der Waals surface area contributed by atoms with Gasteiger partial charge in [-0.1, -0.05) is 19.1 Å². The van der Waals surface area contributed by atoms with Crippen molar-refractivity contribution < 1.29 is 14.0 Å². The van der Waals surface area contributed by atoms with Gasteiger partial charge in [-0.25, -0.2) is 4.39 Å². The second kappa shape index (κ2) is 7.13. The summed E-state index contributed by atoms with van der Waals surface area (Å²) in [6.45, 7) is 5.21. The van der Waals surface area contributed by atoms with Crippen molar-refractivity contribution in [3.8, 4) is 0 Å². The number of hydrogen-bond acceptors (Lipinski definition) is 3. The minimum Gasteiger partial charge on any atom is -0.341 e. The molecule has 0 aliphatic carbocycles. The average Bonchev–Trinajstić information content (AvgIpc) is 3.00. The lowest BCUT2D eigenvalue weighted by Gasteiger charge is -2.35. The van der Waals surface area contributed by atoms with Gasteiger partial charge in [0.05, 0.1) is 0 Å². The highest BCUT2D eigenvalue weighted by molar-refractivity contribution is 7.99. The molecule has 2 aliphatic rings. The van der Waals surface area contributed by atoms with Gasteiger partial charge in [-0.2, -0.15) is 0 Å². The lowest BCUT2D eigenvalue weighted by Crippen LogP contribution is -2.50. The monoisotopic (exact) mass is 350 g/mol. The van der Waals surface area contributed by atoms with Gasteiger partial charge in [0, 0.05) is 25.8 Å². The molecule has 4 nitrogen and oxygen atoms in total. The fourth-order valence-electron chi connectivity index (χ4n) is 3.44. The number of amides is 2. The van der Waals surface area contributed by atoms with E-state index < -0.39 is 6.04 Å². The first-order valence-electron chi connectivity index (χ1n) is 8.42. The summed E-state index contributed by atoms with van der Waals surface area (Å²) in [7, 11) is 0. The van der Waals surface area contributed by atoms with Crippen molar-refractivity contribution in [3.63, 3.8) is 0 Å². The van der Waals surface area contributed by atoms with E-state index in [1.165, 1.54) is 30.8 Å². The minimum atomic E-state index is -0.450. The van der Waals surface area contributed by atoms with E-state index in [2.05, 4.69) is 6.92 Å². The maximum atomic E-state index is 13.5. The molecule has 0 aromatic heterocycles. The molecule has 2 fully saturated rings. The zero-order valence-electron chi connectivity index (χ0n) is 14.1. The summed E-state index contributed by atoms with van der Waals surface area (Å²) in [5, 5.41) is -0.295. The summed E-state index contributed by atoms with van der Waals surface area (Å²) in [5.41, 5.74) is 0.734. The van der Waals surface area contributed by atoms with E-state index >= 15 is 0 Å². The van der Waals surface area contributed by atoms with Crippen LogP contribution in [0.4, 0.5) is 4.39 Å². The third kappa shape index (κ3) is 3.43. The molecule has 0 spiro atoms. The van der Waals surface area contributed by atoms with Gasteiger partial charge in [-0.3, -0.25) is 9.59 Å². The number of thioether (sulfide) groups is 1. The van der Waals surface area contributed by atoms with Gasteiger partial charge in [0.15, 0.2) is 0 Å². The Labute approximate surface area is 146 Å². The van der Waals surface area contributed by atoms with E-state index in [9.17, 15) is 14.0 Å². The van der Waals surface area contributed by atoms with Gasteiger partial charge < -0.3 is 9.80 Å². The number of hydrogen-bond donors (Lipinski definition) is 0. The molecule has 1 aromatic rings. The van der Waals surface area contributed by atoms with E-state index in [1.54, 1.807) is 11.0 Å². The SMILES string of the molecule is CC(=O)N1C(C(=O)N2CCC(C)CC2)CSC1c1cccc(F)c1. The molecule has 0 saturated carbocycles. The number of piperidine rings is 1. The summed E-state index contributed by atoms with van der Waals surface area (Å²) in [5.74, 6) is 0.778. The number of benzene rings is 1. The van der Waals surface area contributed by atoms with E-state index in [0.717, 1.165) is 31.5 Å². The van der Waals surface area contributed by atoms with Gasteiger partial charge in [0.25, 0.3) is 0 Å². The zero-order chi connectivity index (χ0) is 17.3. The molecule has 0 bridgehead atoms. The van der Waals surface area contributed by atoms with Crippen LogP contribution in [-0.4, -0.2) is 46.5 Å². The maximum Gasteiger partial charge on any atom is 0.246 e. The van der Waals surface area contributed by atoms with E-state index in [1.807, 2.05) is 11.0 Å². The Kier molecular flexibility index (Phi) is 5.13. The largest absolute Gasteiger partial charge is 0.341 e. The van der Waals surface area contributed by atoms with Gasteiger partial charge in [0.1, 0.15) is 17.2 Å². The Morgan fingerprint density at radius 3 is 2.58 bits per heavy atom. The van der Waals surface area contributed by atoms with Crippen molar-refractivity contribution in [3.05, 3.63) is 35.6 Å². The topological polar surface area (TPSA) is 40.6 Å². The third-order valence-corrected chi connectivity index (χ3v) is 6.20. The van der Waals surface area contributed by atoms with Crippen molar-refractivity contribution in [2.45, 2.75) is 38.1 Å². The van der Waals surface area contributed by atoms with Crippen LogP contribution in [0.25, 0.3) is 0 Å². The van der Waals surface area contributed by atoms with E-state index in [4.69, 9.17) is 0 Å². The molecule has 3 rings (SSSR count). The fourth-order valence-corrected chi connectivity index (χ4v) is 4.90. The van der Waals surface area contributed by atoms with Crippen molar-refractivity contribution in [2.24, 2.45) is 5.92 Å². The second-order valence-corrected chi connectivity index (χ2v) is 7.80. The highest BCUT2D eigenvalue weighted by Crippen LogP contribution is 2.42. The lowest BCUT2D eigenvalue weighted by molar-refractivity contribution is -0.144. The van der Waals surface area contributed by atoms with Crippen LogP contribution in [0.5, 0.6) is 0 Å². The predicted octanol–water partition coefficient (Wildman–Crippen LogP) is 3.05. The number of carbonyl (C=O) groups is 2. The van der Waals surface area contributed by atoms with Crippen LogP contribution in [0.2, 0.25) is 0 Å². The summed E-state index contributed by atoms with van der Waals surface area (Å²) in [6, 6.07) is 5.84. The summed E-state index contributed by atoms with van der Waals surface area (Å²) in [4.78, 5) is 28.6. The smallest absolute Gasteiger partial charge is 0.246 e. The first-order chi connectivity index (χ1) is 11.5. The Hall–Kier alpha value is -1.56. The van der Waals surface area contributed by atoms with Crippen molar-refractivity contribution >= 4 is 23.6 Å².